The van der Waals surface area contributed by atoms with Gasteiger partial charge in [-0.3, -0.25) is 4.79 Å². The smallest absolute Gasteiger partial charge is 0.461 e. The van der Waals surface area contributed by atoms with Crippen LogP contribution in [0.15, 0.2) is 0 Å². The van der Waals surface area contributed by atoms with Gasteiger partial charge in [-0.1, -0.05) is 0 Å². The predicted octanol–water partition coefficient (Wildman–Crippen LogP) is 2.75. The molecule has 0 fully saturated rings. The first kappa shape index (κ1) is 26.7. The van der Waals surface area contributed by atoms with Crippen molar-refractivity contribution in [1.82, 2.24) is 5.32 Å². The zero-order valence-corrected chi connectivity index (χ0v) is 14.6. The largest absolute Gasteiger partial charge is 0.465 e. The molecule has 0 saturated heterocycles. The Hall–Kier alpha value is -2.29. The molecule has 0 aliphatic rings. The lowest BCUT2D eigenvalue weighted by Crippen LogP contribution is -2.59. The molecule has 0 aliphatic carbocycles. The molecule has 0 radical (unpaired) electrons. The summed E-state index contributed by atoms with van der Waals surface area (Å²) < 4.78 is 133. The van der Waals surface area contributed by atoms with Crippen LogP contribution in [-0.4, -0.2) is 60.3 Å². The van der Waals surface area contributed by atoms with Gasteiger partial charge in [0, 0.05) is 0 Å². The first-order valence-corrected chi connectivity index (χ1v) is 7.27. The maximum absolute atomic E-state index is 13.0. The summed E-state index contributed by atoms with van der Waals surface area (Å²) in [6, 6.07) is -2.77. The van der Waals surface area contributed by atoms with Crippen molar-refractivity contribution in [1.29, 1.82) is 0 Å². The molecule has 16 heteroatoms. The van der Waals surface area contributed by atoms with Crippen molar-refractivity contribution in [3.63, 3.8) is 0 Å². The second-order valence-electron chi connectivity index (χ2n) is 5.69. The first-order chi connectivity index (χ1) is 12.7. The van der Waals surface area contributed by atoms with Gasteiger partial charge in [0.05, 0.1) is 6.10 Å². The lowest BCUT2D eigenvalue weighted by Gasteiger charge is -2.28. The number of amides is 1. The average molecular weight is 453 g/mol. The van der Waals surface area contributed by atoms with Gasteiger partial charge in [0.15, 0.2) is 6.04 Å². The fourth-order valence-corrected chi connectivity index (χ4v) is 1.46. The van der Waals surface area contributed by atoms with Crippen molar-refractivity contribution in [3.8, 4) is 0 Å². The third-order valence-corrected chi connectivity index (χ3v) is 2.91. The molecule has 1 amide bonds. The maximum atomic E-state index is 13.0. The first-order valence-electron chi connectivity index (χ1n) is 7.27. The summed E-state index contributed by atoms with van der Waals surface area (Å²) in [7, 11) is 0. The summed E-state index contributed by atoms with van der Waals surface area (Å²) >= 11 is 0. The number of ether oxygens (including phenoxy) is 2. The van der Waals surface area contributed by atoms with Gasteiger partial charge in [-0.05, 0) is 20.8 Å². The number of halogens is 10. The highest BCUT2D eigenvalue weighted by Gasteiger charge is 2.66. The molecule has 0 aliphatic heterocycles. The highest BCUT2D eigenvalue weighted by Crippen LogP contribution is 2.37. The fourth-order valence-electron chi connectivity index (χ4n) is 1.46. The van der Waals surface area contributed by atoms with Gasteiger partial charge in [-0.2, -0.15) is 43.9 Å². The van der Waals surface area contributed by atoms with Crippen LogP contribution in [0, 0.1) is 0 Å². The van der Waals surface area contributed by atoms with Gasteiger partial charge < -0.3 is 14.8 Å². The number of alkyl halides is 10. The molecule has 0 spiro atoms. The number of carbonyl (C=O) groups is 3. The van der Waals surface area contributed by atoms with E-state index in [1.165, 1.54) is 0 Å². The molecule has 0 aromatic carbocycles. The maximum Gasteiger partial charge on any atom is 0.465 e. The number of nitrogens with one attached hydrogen (secondary N) is 1. The van der Waals surface area contributed by atoms with Crippen LogP contribution in [0.5, 0.6) is 0 Å². The molecule has 0 heterocycles. The number of rotatable bonds is 7. The Morgan fingerprint density at radius 1 is 0.724 bits per heavy atom. The minimum atomic E-state index is -6.44. The van der Waals surface area contributed by atoms with Gasteiger partial charge >= 0.3 is 42.0 Å². The van der Waals surface area contributed by atoms with E-state index in [0.29, 0.717) is 6.92 Å². The molecule has 0 saturated carbocycles. The van der Waals surface area contributed by atoms with E-state index in [1.807, 2.05) is 0 Å². The second kappa shape index (κ2) is 8.61. The standard InChI is InChI=1S/C13H13F10NO5/c1-4(2)28-7(25)6(24-8(26)10(14,15)12(18,19)20)5(3)29-9(27)11(16,17)13(21,22)23/h4-6H,1-3H3,(H,24,26)/t5?,6-/m1/s1. The average Bonchev–Trinajstić information content (AvgIpc) is 2.48. The molecule has 0 bridgehead atoms. The monoisotopic (exact) mass is 453 g/mol. The molecule has 170 valence electrons. The van der Waals surface area contributed by atoms with Crippen LogP contribution in [0.1, 0.15) is 20.8 Å². The number of esters is 2. The molecular weight excluding hydrogens is 440 g/mol. The van der Waals surface area contributed by atoms with E-state index in [4.69, 9.17) is 0 Å². The van der Waals surface area contributed by atoms with Crippen LogP contribution >= 0.6 is 0 Å². The van der Waals surface area contributed by atoms with Crippen molar-refractivity contribution in [3.05, 3.63) is 0 Å². The van der Waals surface area contributed by atoms with E-state index < -0.39 is 60.3 Å². The Morgan fingerprint density at radius 2 is 1.14 bits per heavy atom. The van der Waals surface area contributed by atoms with Crippen LogP contribution < -0.4 is 5.32 Å². The van der Waals surface area contributed by atoms with Gasteiger partial charge in [0.2, 0.25) is 0 Å². The van der Waals surface area contributed by atoms with Crippen molar-refractivity contribution in [2.45, 2.75) is 63.2 Å². The quantitative estimate of drug-likeness (QED) is 0.474. The minimum Gasteiger partial charge on any atom is -0.461 e. The van der Waals surface area contributed by atoms with Crippen LogP contribution in [-0.2, 0) is 23.9 Å². The lowest BCUT2D eigenvalue weighted by atomic mass is 10.1. The Morgan fingerprint density at radius 3 is 1.48 bits per heavy atom. The van der Waals surface area contributed by atoms with Gasteiger partial charge in [0.1, 0.15) is 6.10 Å². The van der Waals surface area contributed by atoms with E-state index in [9.17, 15) is 58.3 Å². The Balaban J connectivity index is 5.72. The Bertz CT molecular complexity index is 628. The number of hydrogen-bond donors (Lipinski definition) is 1. The molecule has 29 heavy (non-hydrogen) atoms. The highest BCUT2D eigenvalue weighted by molar-refractivity contribution is 5.90. The third kappa shape index (κ3) is 6.35. The molecule has 1 N–H and O–H groups in total. The second-order valence-corrected chi connectivity index (χ2v) is 5.69. The number of carbonyl (C=O) groups excluding carboxylic acids is 3. The predicted molar refractivity (Wildman–Crippen MR) is 70.7 cm³/mol. The molecule has 6 nitrogen and oxygen atoms in total. The van der Waals surface area contributed by atoms with Gasteiger partial charge in [-0.25, -0.2) is 9.59 Å². The van der Waals surface area contributed by atoms with Crippen molar-refractivity contribution < 1.29 is 67.8 Å². The highest BCUT2D eigenvalue weighted by atomic mass is 19.4. The zero-order valence-electron chi connectivity index (χ0n) is 14.6. The minimum absolute atomic E-state index is 0.378. The van der Waals surface area contributed by atoms with E-state index in [-0.39, 0.29) is 0 Å². The van der Waals surface area contributed by atoms with Crippen molar-refractivity contribution >= 4 is 17.8 Å². The van der Waals surface area contributed by atoms with Crippen molar-refractivity contribution in [2.24, 2.45) is 0 Å². The van der Waals surface area contributed by atoms with Crippen LogP contribution in [0.3, 0.4) is 0 Å². The van der Waals surface area contributed by atoms with Crippen molar-refractivity contribution in [2.75, 3.05) is 0 Å². The normalized spacial score (nSPS) is 15.5. The summed E-state index contributed by atoms with van der Waals surface area (Å²) in [5, 5.41) is 0.777. The van der Waals surface area contributed by atoms with E-state index in [2.05, 4.69) is 9.47 Å². The molecule has 0 rings (SSSR count). The topological polar surface area (TPSA) is 81.7 Å². The zero-order chi connectivity index (χ0) is 23.6. The summed E-state index contributed by atoms with van der Waals surface area (Å²) in [5.74, 6) is -20.5. The molecule has 1 unspecified atom stereocenters. The molecular formula is C13H13F10NO5. The van der Waals surface area contributed by atoms with E-state index >= 15 is 0 Å². The Kier molecular flexibility index (Phi) is 7.93. The van der Waals surface area contributed by atoms with Crippen LogP contribution in [0.4, 0.5) is 43.9 Å². The summed E-state index contributed by atoms with van der Waals surface area (Å²) in [5.41, 5.74) is 0. The molecule has 2 atom stereocenters. The fraction of sp³-hybridized carbons (Fsp3) is 0.769. The summed E-state index contributed by atoms with van der Waals surface area (Å²) in [4.78, 5) is 34.0. The SMILES string of the molecule is CC(C)OC(=O)[C@H](NC(=O)C(F)(F)C(F)(F)F)C(C)OC(=O)C(F)(F)C(F)(F)F. The lowest BCUT2D eigenvalue weighted by molar-refractivity contribution is -0.282. The molecule has 0 aromatic rings. The van der Waals surface area contributed by atoms with Crippen LogP contribution in [0.2, 0.25) is 0 Å². The third-order valence-electron chi connectivity index (χ3n) is 2.91. The summed E-state index contributed by atoms with van der Waals surface area (Å²) in [6.45, 7) is 2.65. The van der Waals surface area contributed by atoms with Gasteiger partial charge in [-0.15, -0.1) is 0 Å². The molecule has 0 aromatic heterocycles. The number of hydrogen-bond acceptors (Lipinski definition) is 5. The van der Waals surface area contributed by atoms with Gasteiger partial charge in [0.25, 0.3) is 0 Å². The van der Waals surface area contributed by atoms with Crippen LogP contribution in [0.25, 0.3) is 0 Å². The summed E-state index contributed by atoms with van der Waals surface area (Å²) in [6.07, 6.45) is -16.5. The van der Waals surface area contributed by atoms with E-state index in [0.717, 1.165) is 19.2 Å². The Labute approximate surface area is 155 Å². The van der Waals surface area contributed by atoms with E-state index in [1.54, 1.807) is 0 Å².